The first-order chi connectivity index (χ1) is 16.0. The molecule has 174 valence electrons. The number of hydrogen-bond acceptors (Lipinski definition) is 5. The summed E-state index contributed by atoms with van der Waals surface area (Å²) < 4.78 is 38.6. The Morgan fingerprint density at radius 2 is 1.42 bits per heavy atom. The van der Waals surface area contributed by atoms with Crippen LogP contribution in [0.5, 0.6) is 11.5 Å². The van der Waals surface area contributed by atoms with Gasteiger partial charge in [0.05, 0.1) is 17.2 Å². The number of unbranched alkanes of at least 4 members (excludes halogenated alkanes) is 1. The normalized spacial score (nSPS) is 11.1. The van der Waals surface area contributed by atoms with E-state index in [0.29, 0.717) is 18.1 Å². The van der Waals surface area contributed by atoms with E-state index in [0.717, 1.165) is 29.1 Å². The Morgan fingerprint density at radius 1 is 0.818 bits per heavy atom. The Hall–Kier alpha value is -3.32. The number of sulfonamides is 1. The lowest BCUT2D eigenvalue weighted by Crippen LogP contribution is -2.40. The predicted molar refractivity (Wildman–Crippen MR) is 129 cm³/mol. The number of nitrogens with zero attached hydrogens (tertiary/aromatic N) is 1. The van der Waals surface area contributed by atoms with Crippen LogP contribution in [-0.4, -0.2) is 27.5 Å². The molecule has 1 amide bonds. The van der Waals surface area contributed by atoms with Crippen LogP contribution in [0, 0.1) is 0 Å². The molecule has 0 aliphatic carbocycles. The quantitative estimate of drug-likeness (QED) is 0.386. The zero-order valence-corrected chi connectivity index (χ0v) is 19.8. The summed E-state index contributed by atoms with van der Waals surface area (Å²) in [4.78, 5) is 13.2. The van der Waals surface area contributed by atoms with Crippen LogP contribution in [0.2, 0.25) is 0 Å². The van der Waals surface area contributed by atoms with Gasteiger partial charge in [-0.1, -0.05) is 43.7 Å². The summed E-state index contributed by atoms with van der Waals surface area (Å²) in [5.41, 5.74) is 1.37. The zero-order chi connectivity index (χ0) is 23.7. The fourth-order valence-corrected chi connectivity index (χ4v) is 4.73. The molecule has 0 spiro atoms. The van der Waals surface area contributed by atoms with Crippen molar-refractivity contribution in [2.75, 3.05) is 17.5 Å². The van der Waals surface area contributed by atoms with Crippen molar-refractivity contribution in [3.63, 3.8) is 0 Å². The van der Waals surface area contributed by atoms with Crippen molar-refractivity contribution in [2.45, 2.75) is 38.0 Å². The topological polar surface area (TPSA) is 72.9 Å². The van der Waals surface area contributed by atoms with E-state index < -0.39 is 22.5 Å². The minimum absolute atomic E-state index is 0.0366. The van der Waals surface area contributed by atoms with Gasteiger partial charge in [0, 0.05) is 0 Å². The number of ether oxygens (including phenoxy) is 2. The minimum Gasteiger partial charge on any atom is -0.494 e. The lowest BCUT2D eigenvalue weighted by Gasteiger charge is -2.23. The third-order valence-corrected chi connectivity index (χ3v) is 6.76. The molecule has 0 N–H and O–H groups in total. The number of rotatable bonds is 11. The van der Waals surface area contributed by atoms with Crippen molar-refractivity contribution in [3.8, 4) is 11.5 Å². The highest BCUT2D eigenvalue weighted by Gasteiger charge is 2.31. The van der Waals surface area contributed by atoms with Crippen molar-refractivity contribution in [3.05, 3.63) is 84.4 Å². The van der Waals surface area contributed by atoms with Crippen LogP contribution in [0.3, 0.4) is 0 Å². The van der Waals surface area contributed by atoms with Crippen molar-refractivity contribution < 1.29 is 22.7 Å². The molecular weight excluding hydrogens is 438 g/mol. The Bertz CT molecular complexity index is 1130. The van der Waals surface area contributed by atoms with Crippen LogP contribution in [0.15, 0.2) is 83.8 Å². The second-order valence-corrected chi connectivity index (χ2v) is 9.23. The van der Waals surface area contributed by atoms with Gasteiger partial charge >= 0.3 is 0 Å². The Morgan fingerprint density at radius 3 is 2.00 bits per heavy atom. The number of aryl methyl sites for hydroxylation is 1. The average molecular weight is 468 g/mol. The summed E-state index contributed by atoms with van der Waals surface area (Å²) in [6.07, 6.45) is 3.01. The van der Waals surface area contributed by atoms with Gasteiger partial charge in [-0.25, -0.2) is 8.42 Å². The third-order valence-electron chi connectivity index (χ3n) is 4.99. The molecule has 0 aliphatic heterocycles. The molecule has 3 rings (SSSR count). The minimum atomic E-state index is -4.12. The molecule has 0 aromatic heterocycles. The van der Waals surface area contributed by atoms with Crippen LogP contribution in [0.1, 0.15) is 32.3 Å². The summed E-state index contributed by atoms with van der Waals surface area (Å²) in [5.74, 6) is 0.445. The van der Waals surface area contributed by atoms with Crippen LogP contribution >= 0.6 is 0 Å². The van der Waals surface area contributed by atoms with Crippen LogP contribution in [0.4, 0.5) is 5.69 Å². The molecule has 0 aliphatic rings. The van der Waals surface area contributed by atoms with Gasteiger partial charge < -0.3 is 9.47 Å². The standard InChI is InChI=1S/C26H29NO5S/c1-3-5-9-21-12-14-22(15-13-21)27(33(29,30)25-10-7-6-8-11-25)26(28)20-32-24-18-16-23(17-19-24)31-4-2/h6-8,10-19H,3-5,9,20H2,1-2H3. The van der Waals surface area contributed by atoms with Crippen LogP contribution in [-0.2, 0) is 21.2 Å². The fourth-order valence-electron chi connectivity index (χ4n) is 3.30. The van der Waals surface area contributed by atoms with Gasteiger partial charge in [-0.15, -0.1) is 0 Å². The highest BCUT2D eigenvalue weighted by atomic mass is 32.2. The molecule has 6 nitrogen and oxygen atoms in total. The van der Waals surface area contributed by atoms with Gasteiger partial charge in [-0.3, -0.25) is 4.79 Å². The van der Waals surface area contributed by atoms with Gasteiger partial charge in [0.1, 0.15) is 11.5 Å². The van der Waals surface area contributed by atoms with E-state index in [-0.39, 0.29) is 10.6 Å². The predicted octanol–water partition coefficient (Wildman–Crippen LogP) is 5.23. The number of carbonyl (C=O) groups is 1. The first-order valence-corrected chi connectivity index (χ1v) is 12.5. The Labute approximate surface area is 195 Å². The second-order valence-electron chi connectivity index (χ2n) is 7.44. The summed E-state index contributed by atoms with van der Waals surface area (Å²) in [7, 11) is -4.12. The molecule has 0 radical (unpaired) electrons. The number of hydrogen-bond donors (Lipinski definition) is 0. The third kappa shape index (κ3) is 6.35. The van der Waals surface area contributed by atoms with E-state index in [1.54, 1.807) is 54.6 Å². The average Bonchev–Trinajstić information content (AvgIpc) is 2.84. The summed E-state index contributed by atoms with van der Waals surface area (Å²) in [6, 6.07) is 21.8. The summed E-state index contributed by atoms with van der Waals surface area (Å²) in [5, 5.41) is 0. The van der Waals surface area contributed by atoms with Crippen LogP contribution in [0.25, 0.3) is 0 Å². The number of benzene rings is 3. The maximum absolute atomic E-state index is 13.4. The molecule has 3 aromatic carbocycles. The molecular formula is C26H29NO5S. The van der Waals surface area contributed by atoms with Gasteiger partial charge in [0.25, 0.3) is 15.9 Å². The molecule has 0 heterocycles. The Balaban J connectivity index is 1.85. The van der Waals surface area contributed by atoms with Gasteiger partial charge in [-0.2, -0.15) is 4.31 Å². The van der Waals surface area contributed by atoms with Crippen LogP contribution < -0.4 is 13.8 Å². The molecule has 0 saturated heterocycles. The fraction of sp³-hybridized carbons (Fsp3) is 0.269. The maximum Gasteiger partial charge on any atom is 0.278 e. The number of carbonyl (C=O) groups excluding carboxylic acids is 1. The van der Waals surface area contributed by atoms with E-state index in [4.69, 9.17) is 9.47 Å². The molecule has 0 atom stereocenters. The lowest BCUT2D eigenvalue weighted by atomic mass is 10.1. The van der Waals surface area contributed by atoms with Gasteiger partial charge in [0.15, 0.2) is 6.61 Å². The highest BCUT2D eigenvalue weighted by Crippen LogP contribution is 2.25. The first kappa shape index (κ1) is 24.3. The largest absolute Gasteiger partial charge is 0.494 e. The summed E-state index contributed by atoms with van der Waals surface area (Å²) >= 11 is 0. The molecule has 3 aromatic rings. The molecule has 0 unspecified atom stereocenters. The zero-order valence-electron chi connectivity index (χ0n) is 18.9. The second kappa shape index (κ2) is 11.5. The van der Waals surface area contributed by atoms with Crippen molar-refractivity contribution in [1.82, 2.24) is 0 Å². The van der Waals surface area contributed by atoms with E-state index in [2.05, 4.69) is 6.92 Å². The summed E-state index contributed by atoms with van der Waals surface area (Å²) in [6.45, 7) is 4.12. The lowest BCUT2D eigenvalue weighted by molar-refractivity contribution is -0.119. The number of amides is 1. The Kier molecular flexibility index (Phi) is 8.49. The monoisotopic (exact) mass is 467 g/mol. The van der Waals surface area contributed by atoms with Crippen molar-refractivity contribution in [2.24, 2.45) is 0 Å². The molecule has 0 saturated carbocycles. The first-order valence-electron chi connectivity index (χ1n) is 11.0. The van der Waals surface area contributed by atoms with E-state index in [1.807, 2.05) is 19.1 Å². The molecule has 0 fully saturated rings. The van der Waals surface area contributed by atoms with Gasteiger partial charge in [-0.05, 0) is 73.9 Å². The van der Waals surface area contributed by atoms with Gasteiger partial charge in [0.2, 0.25) is 0 Å². The molecule has 0 bridgehead atoms. The molecule has 33 heavy (non-hydrogen) atoms. The molecule has 7 heteroatoms. The SMILES string of the molecule is CCCCc1ccc(N(C(=O)COc2ccc(OCC)cc2)S(=O)(=O)c2ccccc2)cc1. The van der Waals surface area contributed by atoms with Crippen molar-refractivity contribution >= 4 is 21.6 Å². The van der Waals surface area contributed by atoms with E-state index in [9.17, 15) is 13.2 Å². The van der Waals surface area contributed by atoms with E-state index >= 15 is 0 Å². The van der Waals surface area contributed by atoms with Crippen molar-refractivity contribution in [1.29, 1.82) is 0 Å². The maximum atomic E-state index is 13.4. The van der Waals surface area contributed by atoms with E-state index in [1.165, 1.54) is 12.1 Å². The highest BCUT2D eigenvalue weighted by molar-refractivity contribution is 7.93. The number of anilines is 1. The smallest absolute Gasteiger partial charge is 0.278 e.